The van der Waals surface area contributed by atoms with Crippen molar-refractivity contribution in [1.82, 2.24) is 15.6 Å². The average Bonchev–Trinajstić information content (AvgIpc) is 2.56. The lowest BCUT2D eigenvalue weighted by molar-refractivity contribution is 0.0465. The molecule has 28 heavy (non-hydrogen) atoms. The number of aromatic nitrogens is 1. The molecule has 8 heteroatoms. The zero-order chi connectivity index (χ0) is 20.5. The Labute approximate surface area is 168 Å². The molecule has 1 aromatic carbocycles. The number of carbonyl (C=O) groups excluding carboxylic acids is 2. The maximum Gasteiger partial charge on any atom is 0.407 e. The van der Waals surface area contributed by atoms with Crippen molar-refractivity contribution in [3.8, 4) is 6.07 Å². The average molecular weight is 401 g/mol. The van der Waals surface area contributed by atoms with E-state index < -0.39 is 11.7 Å². The van der Waals surface area contributed by atoms with E-state index in [0.717, 1.165) is 0 Å². The first-order valence-electron chi connectivity index (χ1n) is 8.96. The first-order chi connectivity index (χ1) is 13.2. The Morgan fingerprint density at radius 3 is 2.54 bits per heavy atom. The second kappa shape index (κ2) is 7.64. The minimum absolute atomic E-state index is 0.0468. The maximum atomic E-state index is 12.7. The van der Waals surface area contributed by atoms with Gasteiger partial charge in [-0.15, -0.1) is 0 Å². The molecule has 0 unspecified atom stereocenters. The lowest BCUT2D eigenvalue weighted by Gasteiger charge is -2.36. The fraction of sp³-hybridized carbons (Fsp3) is 0.400. The van der Waals surface area contributed by atoms with Gasteiger partial charge < -0.3 is 15.4 Å². The smallest absolute Gasteiger partial charge is 0.407 e. The van der Waals surface area contributed by atoms with Crippen molar-refractivity contribution in [2.75, 3.05) is 0 Å². The Kier molecular flexibility index (Phi) is 5.43. The molecule has 0 radical (unpaired) electrons. The quantitative estimate of drug-likeness (QED) is 0.766. The molecule has 0 spiro atoms. The molecule has 0 saturated heterocycles. The van der Waals surface area contributed by atoms with Gasteiger partial charge in [0, 0.05) is 22.9 Å². The fourth-order valence-corrected chi connectivity index (χ4v) is 3.29. The number of ether oxygens (including phenoxy) is 1. The Morgan fingerprint density at radius 1 is 1.21 bits per heavy atom. The van der Waals surface area contributed by atoms with E-state index in [1.165, 1.54) is 0 Å². The van der Waals surface area contributed by atoms with Crippen LogP contribution in [0.3, 0.4) is 0 Å². The minimum Gasteiger partial charge on any atom is -0.444 e. The highest BCUT2D eigenvalue weighted by Crippen LogP contribution is 2.26. The Balaban J connectivity index is 1.64. The fourth-order valence-electron chi connectivity index (χ4n) is 3.10. The van der Waals surface area contributed by atoms with E-state index in [4.69, 9.17) is 16.3 Å². The van der Waals surface area contributed by atoms with E-state index in [1.807, 2.05) is 0 Å². The summed E-state index contributed by atoms with van der Waals surface area (Å²) in [6.45, 7) is 5.41. The molecular formula is C20H21ClN4O3. The van der Waals surface area contributed by atoms with Crippen LogP contribution in [0.25, 0.3) is 10.8 Å². The highest BCUT2D eigenvalue weighted by molar-refractivity contribution is 6.30. The molecule has 0 aliphatic heterocycles. The van der Waals surface area contributed by atoms with Gasteiger partial charge in [0.15, 0.2) is 0 Å². The molecule has 2 aromatic rings. The van der Waals surface area contributed by atoms with Crippen LogP contribution in [0.4, 0.5) is 4.79 Å². The van der Waals surface area contributed by atoms with Crippen LogP contribution in [0.5, 0.6) is 0 Å². The van der Waals surface area contributed by atoms with E-state index in [1.54, 1.807) is 45.0 Å². The van der Waals surface area contributed by atoms with Crippen molar-refractivity contribution in [3.05, 3.63) is 40.7 Å². The number of rotatable bonds is 3. The van der Waals surface area contributed by atoms with Crippen LogP contribution in [-0.4, -0.2) is 34.7 Å². The van der Waals surface area contributed by atoms with E-state index in [-0.39, 0.29) is 28.8 Å². The summed E-state index contributed by atoms with van der Waals surface area (Å²) in [5.74, 6) is -0.358. The van der Waals surface area contributed by atoms with Crippen molar-refractivity contribution < 1.29 is 14.3 Å². The van der Waals surface area contributed by atoms with Crippen LogP contribution in [0, 0.1) is 11.3 Å². The summed E-state index contributed by atoms with van der Waals surface area (Å²) in [4.78, 5) is 28.6. The summed E-state index contributed by atoms with van der Waals surface area (Å²) in [7, 11) is 0. The predicted molar refractivity (Wildman–Crippen MR) is 105 cm³/mol. The van der Waals surface area contributed by atoms with Gasteiger partial charge in [0.05, 0.1) is 11.6 Å². The zero-order valence-electron chi connectivity index (χ0n) is 15.9. The minimum atomic E-state index is -0.553. The normalized spacial score (nSPS) is 18.7. The summed E-state index contributed by atoms with van der Waals surface area (Å²) in [6, 6.07) is 8.66. The zero-order valence-corrected chi connectivity index (χ0v) is 16.6. The summed E-state index contributed by atoms with van der Waals surface area (Å²) >= 11 is 6.05. The number of amides is 2. The molecule has 1 heterocycles. The number of nitrogens with zero attached hydrogens (tertiary/aromatic N) is 2. The number of hydrogen-bond acceptors (Lipinski definition) is 5. The number of pyridine rings is 1. The van der Waals surface area contributed by atoms with Crippen LogP contribution < -0.4 is 10.6 Å². The summed E-state index contributed by atoms with van der Waals surface area (Å²) in [5.41, 5.74) is 0.0625. The number of alkyl carbamates (subject to hydrolysis) is 1. The van der Waals surface area contributed by atoms with Gasteiger partial charge in [0.1, 0.15) is 16.4 Å². The van der Waals surface area contributed by atoms with E-state index in [2.05, 4.69) is 21.7 Å². The van der Waals surface area contributed by atoms with Crippen molar-refractivity contribution in [2.45, 2.75) is 51.3 Å². The number of fused-ring (bicyclic) bond motifs is 1. The number of nitrogens with one attached hydrogen (secondary N) is 2. The Morgan fingerprint density at radius 2 is 1.89 bits per heavy atom. The molecule has 1 fully saturated rings. The van der Waals surface area contributed by atoms with Gasteiger partial charge in [0.2, 0.25) is 0 Å². The van der Waals surface area contributed by atoms with Crippen molar-refractivity contribution in [1.29, 1.82) is 5.26 Å². The van der Waals surface area contributed by atoms with E-state index in [9.17, 15) is 14.9 Å². The molecule has 7 nitrogen and oxygen atoms in total. The third kappa shape index (κ3) is 4.52. The molecule has 1 saturated carbocycles. The highest BCUT2D eigenvalue weighted by atomic mass is 35.5. The summed E-state index contributed by atoms with van der Waals surface area (Å²) in [5, 5.41) is 16.3. The van der Waals surface area contributed by atoms with Gasteiger partial charge in [-0.2, -0.15) is 5.26 Å². The van der Waals surface area contributed by atoms with Crippen LogP contribution in [0.1, 0.15) is 49.7 Å². The number of carbonyl (C=O) groups is 2. The molecule has 146 valence electrons. The van der Waals surface area contributed by atoms with Crippen molar-refractivity contribution >= 4 is 34.4 Å². The Bertz CT molecular complexity index is 972. The predicted octanol–water partition coefficient (Wildman–Crippen LogP) is 3.55. The molecule has 1 aromatic heterocycles. The van der Waals surface area contributed by atoms with Crippen molar-refractivity contribution in [3.63, 3.8) is 0 Å². The summed E-state index contributed by atoms with van der Waals surface area (Å²) < 4.78 is 5.22. The van der Waals surface area contributed by atoms with E-state index in [0.29, 0.717) is 29.2 Å². The number of halogens is 1. The molecule has 3 rings (SSSR count). The van der Waals surface area contributed by atoms with Crippen LogP contribution in [0.15, 0.2) is 24.3 Å². The molecule has 1 aliphatic rings. The monoisotopic (exact) mass is 400 g/mol. The van der Waals surface area contributed by atoms with Gasteiger partial charge in [-0.3, -0.25) is 4.79 Å². The van der Waals surface area contributed by atoms with Gasteiger partial charge in [-0.25, -0.2) is 9.78 Å². The standard InChI is InChI=1S/C20H21ClN4O3/c1-20(2,3)28-19(27)24-13-7-12(8-13)23-18(26)17-14-6-4-5-11(10-22)15(14)9-16(21)25-17/h4-6,9,12-13H,7-8H2,1-3H3,(H,23,26)(H,24,27). The maximum absolute atomic E-state index is 12.7. The highest BCUT2D eigenvalue weighted by Gasteiger charge is 2.33. The second-order valence-electron chi connectivity index (χ2n) is 7.79. The van der Waals surface area contributed by atoms with Crippen LogP contribution in [-0.2, 0) is 4.74 Å². The van der Waals surface area contributed by atoms with Crippen LogP contribution >= 0.6 is 11.6 Å². The lowest BCUT2D eigenvalue weighted by Crippen LogP contribution is -2.54. The molecule has 1 aliphatic carbocycles. The third-order valence-electron chi connectivity index (χ3n) is 4.37. The Hall–Kier alpha value is -2.85. The van der Waals surface area contributed by atoms with Gasteiger partial charge in [0.25, 0.3) is 5.91 Å². The summed E-state index contributed by atoms with van der Waals surface area (Å²) in [6.07, 6.45) is 0.744. The topological polar surface area (TPSA) is 104 Å². The van der Waals surface area contributed by atoms with E-state index >= 15 is 0 Å². The molecular weight excluding hydrogens is 380 g/mol. The largest absolute Gasteiger partial charge is 0.444 e. The van der Waals surface area contributed by atoms with Gasteiger partial charge in [-0.1, -0.05) is 23.7 Å². The van der Waals surface area contributed by atoms with Gasteiger partial charge in [-0.05, 0) is 45.7 Å². The first kappa shape index (κ1) is 19.9. The third-order valence-corrected chi connectivity index (χ3v) is 4.57. The van der Waals surface area contributed by atoms with Gasteiger partial charge >= 0.3 is 6.09 Å². The molecule has 0 bridgehead atoms. The van der Waals surface area contributed by atoms with Crippen molar-refractivity contribution in [2.24, 2.45) is 0 Å². The molecule has 2 amide bonds. The SMILES string of the molecule is CC(C)(C)OC(=O)NC1CC(NC(=O)c2nc(Cl)cc3c(C#N)cccc23)C1. The van der Waals surface area contributed by atoms with Crippen LogP contribution in [0.2, 0.25) is 5.15 Å². The second-order valence-corrected chi connectivity index (χ2v) is 8.18. The molecule has 2 N–H and O–H groups in total. The number of hydrogen-bond donors (Lipinski definition) is 2. The number of nitriles is 1. The lowest BCUT2D eigenvalue weighted by atomic mass is 9.86. The molecule has 0 atom stereocenters. The first-order valence-corrected chi connectivity index (χ1v) is 9.34. The number of benzene rings is 1.